The predicted molar refractivity (Wildman–Crippen MR) is 109 cm³/mol. The van der Waals surface area contributed by atoms with Crippen molar-refractivity contribution < 1.29 is 9.32 Å². The van der Waals surface area contributed by atoms with Crippen molar-refractivity contribution in [1.82, 2.24) is 15.0 Å². The third-order valence-electron chi connectivity index (χ3n) is 6.50. The lowest BCUT2D eigenvalue weighted by Crippen LogP contribution is -2.67. The van der Waals surface area contributed by atoms with Crippen molar-refractivity contribution in [2.24, 2.45) is 0 Å². The van der Waals surface area contributed by atoms with Gasteiger partial charge in [-0.05, 0) is 57.2 Å². The Morgan fingerprint density at radius 1 is 1.21 bits per heavy atom. The SMILES string of the molecule is Cc1noc(C)c1CN1CC[C@]12CCCN(C(=O)CCc1ccc(Cl)cc1)C2. The maximum atomic E-state index is 12.9. The van der Waals surface area contributed by atoms with Gasteiger partial charge in [-0.25, -0.2) is 0 Å². The molecule has 1 atom stereocenters. The monoisotopic (exact) mass is 401 g/mol. The van der Waals surface area contributed by atoms with E-state index in [-0.39, 0.29) is 11.4 Å². The van der Waals surface area contributed by atoms with Crippen LogP contribution in [0.25, 0.3) is 0 Å². The zero-order chi connectivity index (χ0) is 19.7. The Morgan fingerprint density at radius 3 is 2.64 bits per heavy atom. The van der Waals surface area contributed by atoms with Crippen LogP contribution in [-0.2, 0) is 17.8 Å². The van der Waals surface area contributed by atoms with E-state index in [2.05, 4.69) is 15.0 Å². The lowest BCUT2D eigenvalue weighted by Gasteiger charge is -2.57. The van der Waals surface area contributed by atoms with Crippen LogP contribution in [0.4, 0.5) is 0 Å². The summed E-state index contributed by atoms with van der Waals surface area (Å²) in [6.07, 6.45) is 4.73. The molecule has 1 spiro atoms. The molecule has 1 amide bonds. The summed E-state index contributed by atoms with van der Waals surface area (Å²) in [4.78, 5) is 17.5. The molecule has 2 saturated heterocycles. The first-order chi connectivity index (χ1) is 13.5. The highest BCUT2D eigenvalue weighted by molar-refractivity contribution is 6.30. The lowest BCUT2D eigenvalue weighted by atomic mass is 9.77. The molecule has 1 aromatic carbocycles. The zero-order valence-corrected chi connectivity index (χ0v) is 17.5. The molecule has 0 unspecified atom stereocenters. The van der Waals surface area contributed by atoms with Crippen LogP contribution in [-0.4, -0.2) is 46.0 Å². The average Bonchev–Trinajstić information content (AvgIpc) is 3.02. The van der Waals surface area contributed by atoms with Crippen LogP contribution in [0, 0.1) is 13.8 Å². The van der Waals surface area contributed by atoms with Crippen LogP contribution in [0.3, 0.4) is 0 Å². The molecular weight excluding hydrogens is 374 g/mol. The van der Waals surface area contributed by atoms with Gasteiger partial charge in [0.1, 0.15) is 5.76 Å². The van der Waals surface area contributed by atoms with E-state index in [1.54, 1.807) is 0 Å². The van der Waals surface area contributed by atoms with Crippen LogP contribution in [0.2, 0.25) is 5.02 Å². The van der Waals surface area contributed by atoms with E-state index in [4.69, 9.17) is 16.1 Å². The van der Waals surface area contributed by atoms with Gasteiger partial charge in [0.2, 0.25) is 5.91 Å². The zero-order valence-electron chi connectivity index (χ0n) is 16.7. The van der Waals surface area contributed by atoms with Gasteiger partial charge < -0.3 is 9.42 Å². The molecule has 0 N–H and O–H groups in total. The number of aryl methyl sites for hydroxylation is 3. The van der Waals surface area contributed by atoms with Crippen LogP contribution in [0.5, 0.6) is 0 Å². The summed E-state index contributed by atoms with van der Waals surface area (Å²) >= 11 is 5.94. The first-order valence-corrected chi connectivity index (χ1v) is 10.5. The van der Waals surface area contributed by atoms with E-state index < -0.39 is 0 Å². The minimum atomic E-state index is 0.129. The summed E-state index contributed by atoms with van der Waals surface area (Å²) in [5.74, 6) is 1.17. The number of rotatable bonds is 5. The molecule has 6 heteroatoms. The van der Waals surface area contributed by atoms with Crippen molar-refractivity contribution in [1.29, 1.82) is 0 Å². The molecule has 5 nitrogen and oxygen atoms in total. The van der Waals surface area contributed by atoms with E-state index in [1.165, 1.54) is 5.56 Å². The molecule has 1 aromatic heterocycles. The summed E-state index contributed by atoms with van der Waals surface area (Å²) in [7, 11) is 0. The average molecular weight is 402 g/mol. The molecule has 4 rings (SSSR count). The van der Waals surface area contributed by atoms with Gasteiger partial charge in [-0.2, -0.15) is 0 Å². The van der Waals surface area contributed by atoms with Gasteiger partial charge in [0.05, 0.1) is 5.69 Å². The third kappa shape index (κ3) is 3.83. The van der Waals surface area contributed by atoms with Crippen molar-refractivity contribution >= 4 is 17.5 Å². The lowest BCUT2D eigenvalue weighted by molar-refractivity contribution is -0.140. The molecule has 150 valence electrons. The molecule has 28 heavy (non-hydrogen) atoms. The number of carbonyl (C=O) groups is 1. The minimum Gasteiger partial charge on any atom is -0.361 e. The van der Waals surface area contributed by atoms with E-state index in [0.29, 0.717) is 6.42 Å². The number of piperidine rings is 1. The Morgan fingerprint density at radius 2 is 2.00 bits per heavy atom. The Labute approximate surface area is 171 Å². The molecule has 3 heterocycles. The topological polar surface area (TPSA) is 49.6 Å². The minimum absolute atomic E-state index is 0.129. The van der Waals surface area contributed by atoms with Gasteiger partial charge in [0.25, 0.3) is 0 Å². The van der Waals surface area contributed by atoms with Gasteiger partial charge in [0, 0.05) is 48.7 Å². The van der Waals surface area contributed by atoms with Gasteiger partial charge in [-0.1, -0.05) is 28.9 Å². The summed E-state index contributed by atoms with van der Waals surface area (Å²) in [6, 6.07) is 7.78. The van der Waals surface area contributed by atoms with Gasteiger partial charge >= 0.3 is 0 Å². The normalized spacial score (nSPS) is 22.5. The number of hydrogen-bond acceptors (Lipinski definition) is 4. The van der Waals surface area contributed by atoms with E-state index in [0.717, 1.165) is 73.9 Å². The van der Waals surface area contributed by atoms with Crippen LogP contribution >= 0.6 is 11.6 Å². The molecule has 2 aliphatic heterocycles. The molecular formula is C22H28ClN3O2. The first kappa shape index (κ1) is 19.5. The quantitative estimate of drug-likeness (QED) is 0.755. The van der Waals surface area contributed by atoms with Crippen molar-refractivity contribution in [3.8, 4) is 0 Å². The summed E-state index contributed by atoms with van der Waals surface area (Å²) < 4.78 is 5.33. The number of carbonyl (C=O) groups excluding carboxylic acids is 1. The molecule has 2 aromatic rings. The molecule has 0 saturated carbocycles. The second-order valence-electron chi connectivity index (χ2n) is 8.24. The van der Waals surface area contributed by atoms with Gasteiger partial charge in [-0.3, -0.25) is 9.69 Å². The second kappa shape index (κ2) is 7.88. The Hall–Kier alpha value is -1.85. The standard InChI is InChI=1S/C22H28ClN3O2/c1-16-20(17(2)28-24-16)14-26-13-11-22(26)10-3-12-25(15-22)21(27)9-6-18-4-7-19(23)8-5-18/h4-5,7-8H,3,6,9-15H2,1-2H3/t22-/m0/s1. The number of halogens is 1. The summed E-state index contributed by atoms with van der Waals surface area (Å²) in [6.45, 7) is 7.65. The largest absolute Gasteiger partial charge is 0.361 e. The Kier molecular flexibility index (Phi) is 5.48. The fourth-order valence-electron chi connectivity index (χ4n) is 4.60. The maximum Gasteiger partial charge on any atom is 0.222 e. The molecule has 2 aliphatic rings. The van der Waals surface area contributed by atoms with Gasteiger partial charge in [0.15, 0.2) is 0 Å². The number of hydrogen-bond donors (Lipinski definition) is 0. The maximum absolute atomic E-state index is 12.9. The van der Waals surface area contributed by atoms with Crippen LogP contribution in [0.15, 0.2) is 28.8 Å². The highest BCUT2D eigenvalue weighted by atomic mass is 35.5. The van der Waals surface area contributed by atoms with Crippen LogP contribution in [0.1, 0.15) is 48.3 Å². The number of amides is 1. The fraction of sp³-hybridized carbons (Fsp3) is 0.545. The Bertz CT molecular complexity index is 828. The predicted octanol–water partition coefficient (Wildman–Crippen LogP) is 4.14. The number of likely N-dealkylation sites (tertiary alicyclic amines) is 2. The summed E-state index contributed by atoms with van der Waals surface area (Å²) in [5, 5.41) is 4.82. The van der Waals surface area contributed by atoms with Gasteiger partial charge in [-0.15, -0.1) is 0 Å². The second-order valence-corrected chi connectivity index (χ2v) is 8.68. The number of aromatic nitrogens is 1. The van der Waals surface area contributed by atoms with E-state index in [9.17, 15) is 4.79 Å². The van der Waals surface area contributed by atoms with E-state index in [1.807, 2.05) is 38.1 Å². The van der Waals surface area contributed by atoms with Crippen molar-refractivity contribution in [2.45, 2.75) is 58.0 Å². The smallest absolute Gasteiger partial charge is 0.222 e. The highest BCUT2D eigenvalue weighted by Gasteiger charge is 2.48. The van der Waals surface area contributed by atoms with Crippen LogP contribution < -0.4 is 0 Å². The molecule has 2 fully saturated rings. The number of nitrogens with zero attached hydrogens (tertiary/aromatic N) is 3. The highest BCUT2D eigenvalue weighted by Crippen LogP contribution is 2.40. The molecule has 0 aliphatic carbocycles. The van der Waals surface area contributed by atoms with Crippen molar-refractivity contribution in [3.63, 3.8) is 0 Å². The summed E-state index contributed by atoms with van der Waals surface area (Å²) in [5.41, 5.74) is 3.47. The fourth-order valence-corrected chi connectivity index (χ4v) is 4.73. The third-order valence-corrected chi connectivity index (χ3v) is 6.75. The number of benzene rings is 1. The Balaban J connectivity index is 1.37. The molecule has 0 bridgehead atoms. The van der Waals surface area contributed by atoms with Crippen molar-refractivity contribution in [3.05, 3.63) is 51.9 Å². The first-order valence-electron chi connectivity index (χ1n) is 10.2. The van der Waals surface area contributed by atoms with E-state index >= 15 is 0 Å². The van der Waals surface area contributed by atoms with Crippen molar-refractivity contribution in [2.75, 3.05) is 19.6 Å². The molecule has 0 radical (unpaired) electrons.